The van der Waals surface area contributed by atoms with Gasteiger partial charge in [0.1, 0.15) is 5.00 Å². The molecule has 0 spiro atoms. The summed E-state index contributed by atoms with van der Waals surface area (Å²) in [7, 11) is 0. The van der Waals surface area contributed by atoms with Crippen LogP contribution in [0.3, 0.4) is 0 Å². The Kier molecular flexibility index (Phi) is 6.66. The second kappa shape index (κ2) is 9.78. The summed E-state index contributed by atoms with van der Waals surface area (Å²) in [5.41, 5.74) is 2.91. The predicted molar refractivity (Wildman–Crippen MR) is 126 cm³/mol. The number of hydrogen-bond donors (Lipinski definition) is 2. The van der Waals surface area contributed by atoms with Crippen LogP contribution in [0.2, 0.25) is 0 Å². The number of fused-ring (bicyclic) bond motifs is 1. The highest BCUT2D eigenvalue weighted by Gasteiger charge is 2.27. The fourth-order valence-electron chi connectivity index (χ4n) is 3.78. The minimum absolute atomic E-state index is 0.251. The van der Waals surface area contributed by atoms with Crippen LogP contribution in [0.5, 0.6) is 0 Å². The molecule has 164 valence electrons. The van der Waals surface area contributed by atoms with E-state index in [2.05, 4.69) is 10.6 Å². The summed E-state index contributed by atoms with van der Waals surface area (Å²) in [5.74, 6) is -0.991. The van der Waals surface area contributed by atoms with Crippen LogP contribution in [0.15, 0.2) is 54.6 Å². The zero-order valence-electron chi connectivity index (χ0n) is 17.8. The first-order valence-electron chi connectivity index (χ1n) is 10.7. The summed E-state index contributed by atoms with van der Waals surface area (Å²) in [5, 5.41) is 6.24. The molecule has 1 aliphatic rings. The van der Waals surface area contributed by atoms with Gasteiger partial charge in [-0.15, -0.1) is 11.3 Å². The number of aryl methyl sites for hydroxylation is 1. The molecule has 7 heteroatoms. The van der Waals surface area contributed by atoms with Gasteiger partial charge >= 0.3 is 5.97 Å². The van der Waals surface area contributed by atoms with Gasteiger partial charge in [-0.25, -0.2) is 4.79 Å². The molecule has 0 fully saturated rings. The van der Waals surface area contributed by atoms with Gasteiger partial charge in [0.25, 0.3) is 11.8 Å². The van der Waals surface area contributed by atoms with Gasteiger partial charge in [-0.3, -0.25) is 9.59 Å². The number of rotatable bonds is 6. The molecule has 6 nitrogen and oxygen atoms in total. The number of nitrogens with one attached hydrogen (secondary N) is 2. The monoisotopic (exact) mass is 448 g/mol. The Morgan fingerprint density at radius 1 is 0.906 bits per heavy atom. The molecule has 1 heterocycles. The van der Waals surface area contributed by atoms with Crippen molar-refractivity contribution >= 4 is 39.8 Å². The quantitative estimate of drug-likeness (QED) is 0.501. The molecule has 2 N–H and O–H groups in total. The van der Waals surface area contributed by atoms with E-state index >= 15 is 0 Å². The second-order valence-electron chi connectivity index (χ2n) is 7.49. The van der Waals surface area contributed by atoms with Crippen molar-refractivity contribution in [3.05, 3.63) is 81.7 Å². The molecule has 0 unspecified atom stereocenters. The molecule has 2 amide bonds. The zero-order valence-corrected chi connectivity index (χ0v) is 18.6. The van der Waals surface area contributed by atoms with Gasteiger partial charge in [-0.1, -0.05) is 24.3 Å². The topological polar surface area (TPSA) is 84.5 Å². The Morgan fingerprint density at radius 2 is 1.62 bits per heavy atom. The number of hydrogen-bond acceptors (Lipinski definition) is 5. The van der Waals surface area contributed by atoms with Gasteiger partial charge in [0.15, 0.2) is 0 Å². The number of thiophene rings is 1. The molecule has 1 aromatic heterocycles. The van der Waals surface area contributed by atoms with Crippen LogP contribution in [0.1, 0.15) is 61.3 Å². The molecule has 0 aliphatic heterocycles. The molecule has 4 rings (SSSR count). The van der Waals surface area contributed by atoms with Crippen LogP contribution in [0.25, 0.3) is 0 Å². The molecule has 0 radical (unpaired) electrons. The van der Waals surface area contributed by atoms with E-state index < -0.39 is 5.97 Å². The maximum atomic E-state index is 13.0. The Labute approximate surface area is 190 Å². The number of ether oxygens (including phenoxy) is 1. The molecule has 0 saturated carbocycles. The van der Waals surface area contributed by atoms with Crippen LogP contribution < -0.4 is 10.6 Å². The number of carbonyl (C=O) groups is 3. The molecular formula is C25H24N2O4S. The average Bonchev–Trinajstić information content (AvgIpc) is 3.18. The van der Waals surface area contributed by atoms with Crippen LogP contribution >= 0.6 is 11.3 Å². The van der Waals surface area contributed by atoms with Gasteiger partial charge in [-0.05, 0) is 68.5 Å². The van der Waals surface area contributed by atoms with E-state index in [-0.39, 0.29) is 18.4 Å². The third-order valence-electron chi connectivity index (χ3n) is 5.30. The molecule has 2 aromatic carbocycles. The maximum absolute atomic E-state index is 13.0. The van der Waals surface area contributed by atoms with E-state index in [1.807, 2.05) is 6.07 Å². The number of esters is 1. The summed E-state index contributed by atoms with van der Waals surface area (Å²) < 4.78 is 5.25. The highest BCUT2D eigenvalue weighted by Crippen LogP contribution is 2.38. The highest BCUT2D eigenvalue weighted by atomic mass is 32.1. The fourth-order valence-corrected chi connectivity index (χ4v) is 5.05. The normalized spacial score (nSPS) is 12.5. The van der Waals surface area contributed by atoms with Crippen LogP contribution in [-0.4, -0.2) is 24.4 Å². The average molecular weight is 449 g/mol. The van der Waals surface area contributed by atoms with Crippen molar-refractivity contribution in [2.45, 2.75) is 32.6 Å². The lowest BCUT2D eigenvalue weighted by Gasteiger charge is -2.12. The van der Waals surface area contributed by atoms with Gasteiger partial charge in [0, 0.05) is 21.7 Å². The van der Waals surface area contributed by atoms with E-state index in [1.165, 1.54) is 11.3 Å². The zero-order chi connectivity index (χ0) is 22.5. The molecule has 0 atom stereocenters. The largest absolute Gasteiger partial charge is 0.462 e. The van der Waals surface area contributed by atoms with Crippen LogP contribution in [-0.2, 0) is 17.6 Å². The summed E-state index contributed by atoms with van der Waals surface area (Å²) >= 11 is 1.45. The van der Waals surface area contributed by atoms with Gasteiger partial charge < -0.3 is 15.4 Å². The minimum atomic E-state index is -0.397. The van der Waals surface area contributed by atoms with Crippen molar-refractivity contribution in [3.8, 4) is 0 Å². The molecule has 0 saturated heterocycles. The lowest BCUT2D eigenvalue weighted by Crippen LogP contribution is -2.16. The minimum Gasteiger partial charge on any atom is -0.462 e. The molecule has 1 aliphatic carbocycles. The highest BCUT2D eigenvalue weighted by molar-refractivity contribution is 7.17. The van der Waals surface area contributed by atoms with Crippen molar-refractivity contribution in [1.29, 1.82) is 0 Å². The maximum Gasteiger partial charge on any atom is 0.341 e. The smallest absolute Gasteiger partial charge is 0.341 e. The van der Waals surface area contributed by atoms with Crippen molar-refractivity contribution in [1.82, 2.24) is 0 Å². The van der Waals surface area contributed by atoms with Gasteiger partial charge in [0.05, 0.1) is 12.2 Å². The second-order valence-corrected chi connectivity index (χ2v) is 8.60. The standard InChI is InChI=1S/C25H24N2O4S/c1-2-31-25(30)21-19-13-6-7-14-20(19)32-24(21)27-23(29)17-11-8-12-18(15-17)26-22(28)16-9-4-3-5-10-16/h3-5,8-12,15H,2,6-7,13-14H2,1H3,(H,26,28)(H,27,29). The number of carbonyl (C=O) groups excluding carboxylic acids is 3. The first kappa shape index (κ1) is 21.8. The Morgan fingerprint density at radius 3 is 2.41 bits per heavy atom. The summed E-state index contributed by atoms with van der Waals surface area (Å²) in [6.45, 7) is 2.05. The summed E-state index contributed by atoms with van der Waals surface area (Å²) in [4.78, 5) is 39.2. The first-order valence-corrected chi connectivity index (χ1v) is 11.5. The Balaban J connectivity index is 1.55. The number of amides is 2. The number of anilines is 2. The molecule has 0 bridgehead atoms. The lowest BCUT2D eigenvalue weighted by molar-refractivity contribution is 0.0526. The molecule has 3 aromatic rings. The van der Waals surface area contributed by atoms with E-state index in [9.17, 15) is 14.4 Å². The van der Waals surface area contributed by atoms with Crippen molar-refractivity contribution in [3.63, 3.8) is 0 Å². The fraction of sp³-hybridized carbons (Fsp3) is 0.240. The third-order valence-corrected chi connectivity index (χ3v) is 6.50. The van der Waals surface area contributed by atoms with Crippen molar-refractivity contribution < 1.29 is 19.1 Å². The Hall–Kier alpha value is -3.45. The van der Waals surface area contributed by atoms with Crippen LogP contribution in [0, 0.1) is 0 Å². The van der Waals surface area contributed by atoms with Gasteiger partial charge in [0.2, 0.25) is 0 Å². The van der Waals surface area contributed by atoms with Crippen LogP contribution in [0.4, 0.5) is 10.7 Å². The van der Waals surface area contributed by atoms with Crippen molar-refractivity contribution in [2.75, 3.05) is 17.2 Å². The van der Waals surface area contributed by atoms with E-state index in [1.54, 1.807) is 55.5 Å². The summed E-state index contributed by atoms with van der Waals surface area (Å²) in [6, 6.07) is 15.6. The summed E-state index contributed by atoms with van der Waals surface area (Å²) in [6.07, 6.45) is 3.82. The number of benzene rings is 2. The third kappa shape index (κ3) is 4.73. The molecular weight excluding hydrogens is 424 g/mol. The van der Waals surface area contributed by atoms with E-state index in [4.69, 9.17) is 4.74 Å². The SMILES string of the molecule is CCOC(=O)c1c(NC(=O)c2cccc(NC(=O)c3ccccc3)c2)sc2c1CCCC2. The van der Waals surface area contributed by atoms with Gasteiger partial charge in [-0.2, -0.15) is 0 Å². The Bertz CT molecular complexity index is 1150. The van der Waals surface area contributed by atoms with E-state index in [0.717, 1.165) is 36.1 Å². The lowest BCUT2D eigenvalue weighted by atomic mass is 9.95. The first-order chi connectivity index (χ1) is 15.6. The molecule has 32 heavy (non-hydrogen) atoms. The van der Waals surface area contributed by atoms with Crippen molar-refractivity contribution in [2.24, 2.45) is 0 Å². The predicted octanol–water partition coefficient (Wildman–Crippen LogP) is 5.31. The van der Waals surface area contributed by atoms with E-state index in [0.29, 0.717) is 27.4 Å².